The molecule has 1 saturated heterocycles. The average Bonchev–Trinajstić information content (AvgIpc) is 3.28. The Bertz CT molecular complexity index is 944. The van der Waals surface area contributed by atoms with Gasteiger partial charge in [0.25, 0.3) is 5.91 Å². The fraction of sp³-hybridized carbons (Fsp3) is 0.333. The molecule has 0 aromatic carbocycles. The molecule has 4 rings (SSSR count). The maximum Gasteiger partial charge on any atom is 0.255 e. The zero-order valence-electron chi connectivity index (χ0n) is 15.1. The number of nitrogens with zero attached hydrogens (tertiary/aromatic N) is 4. The highest BCUT2D eigenvalue weighted by atomic mass is 32.2. The normalized spacial score (nSPS) is 14.4. The monoisotopic (exact) mass is 417 g/mol. The summed E-state index contributed by atoms with van der Waals surface area (Å²) in [4.78, 5) is 29.0. The third-order valence-electron chi connectivity index (χ3n) is 4.18. The van der Waals surface area contributed by atoms with Gasteiger partial charge in [-0.15, -0.1) is 22.7 Å². The Labute approximate surface area is 170 Å². The van der Waals surface area contributed by atoms with Gasteiger partial charge in [0, 0.05) is 36.2 Å². The number of amides is 1. The van der Waals surface area contributed by atoms with E-state index in [-0.39, 0.29) is 5.91 Å². The number of pyridine rings is 1. The molecule has 1 aliphatic rings. The molecule has 0 atom stereocenters. The average molecular weight is 418 g/mol. The minimum Gasteiger partial charge on any atom is -0.337 e. The summed E-state index contributed by atoms with van der Waals surface area (Å²) in [5, 5.41) is 7.05. The van der Waals surface area contributed by atoms with Crippen LogP contribution in [0.2, 0.25) is 0 Å². The first-order valence-corrected chi connectivity index (χ1v) is 11.5. The molecule has 0 saturated carbocycles. The molecule has 9 heteroatoms. The molecule has 3 aromatic heterocycles. The second-order valence-electron chi connectivity index (χ2n) is 6.15. The molecule has 0 unspecified atom stereocenters. The molecule has 0 aliphatic carbocycles. The Kier molecular flexibility index (Phi) is 5.42. The number of rotatable bonds is 4. The number of carbonyl (C=O) groups excluding carboxylic acids is 1. The summed E-state index contributed by atoms with van der Waals surface area (Å²) in [5.41, 5.74) is 2.56. The smallest absolute Gasteiger partial charge is 0.255 e. The van der Waals surface area contributed by atoms with Crippen molar-refractivity contribution in [3.8, 4) is 10.6 Å². The molecule has 4 heterocycles. The molecule has 0 radical (unpaired) electrons. The van der Waals surface area contributed by atoms with Crippen LogP contribution in [0.1, 0.15) is 21.1 Å². The first-order valence-electron chi connectivity index (χ1n) is 8.60. The molecule has 1 N–H and O–H groups in total. The van der Waals surface area contributed by atoms with E-state index in [1.807, 2.05) is 48.0 Å². The molecular weight excluding hydrogens is 398 g/mol. The zero-order chi connectivity index (χ0) is 18.8. The van der Waals surface area contributed by atoms with Crippen LogP contribution in [-0.4, -0.2) is 50.4 Å². The Morgan fingerprint density at radius 2 is 2.00 bits per heavy atom. The molecule has 0 spiro atoms. The Balaban J connectivity index is 1.44. The third-order valence-corrected chi connectivity index (χ3v) is 6.98. The van der Waals surface area contributed by atoms with Crippen LogP contribution < -0.4 is 5.32 Å². The van der Waals surface area contributed by atoms with Crippen molar-refractivity contribution in [3.05, 3.63) is 40.0 Å². The number of hydrogen-bond donors (Lipinski definition) is 1. The molecule has 1 aliphatic heterocycles. The van der Waals surface area contributed by atoms with Gasteiger partial charge in [0.1, 0.15) is 5.82 Å². The third kappa shape index (κ3) is 4.15. The van der Waals surface area contributed by atoms with Crippen molar-refractivity contribution < 1.29 is 4.79 Å². The van der Waals surface area contributed by atoms with E-state index in [0.29, 0.717) is 11.4 Å². The van der Waals surface area contributed by atoms with Gasteiger partial charge in [-0.2, -0.15) is 11.8 Å². The van der Waals surface area contributed by atoms with Gasteiger partial charge in [0.05, 0.1) is 26.8 Å². The maximum atomic E-state index is 12.5. The number of nitrogens with one attached hydrogen (secondary N) is 1. The number of hydrogen-bond acceptors (Lipinski definition) is 8. The van der Waals surface area contributed by atoms with Gasteiger partial charge in [-0.05, 0) is 26.0 Å². The predicted octanol–water partition coefficient (Wildman–Crippen LogP) is 4.21. The number of anilines is 2. The minimum atomic E-state index is 0.0573. The summed E-state index contributed by atoms with van der Waals surface area (Å²) in [6, 6.07) is 3.65. The largest absolute Gasteiger partial charge is 0.337 e. The van der Waals surface area contributed by atoms with E-state index in [2.05, 4.69) is 20.3 Å². The maximum absolute atomic E-state index is 12.5. The zero-order valence-corrected chi connectivity index (χ0v) is 17.5. The van der Waals surface area contributed by atoms with E-state index in [4.69, 9.17) is 0 Å². The summed E-state index contributed by atoms with van der Waals surface area (Å²) in [5.74, 6) is 2.74. The fourth-order valence-corrected chi connectivity index (χ4v) is 5.42. The lowest BCUT2D eigenvalue weighted by molar-refractivity contribution is 0.0772. The molecule has 1 fully saturated rings. The van der Waals surface area contributed by atoms with Crippen molar-refractivity contribution in [2.45, 2.75) is 13.8 Å². The highest BCUT2D eigenvalue weighted by Gasteiger charge is 2.18. The molecule has 3 aromatic rings. The molecular formula is C18H19N5OS3. The second kappa shape index (κ2) is 7.95. The van der Waals surface area contributed by atoms with Crippen LogP contribution in [0.4, 0.5) is 10.9 Å². The lowest BCUT2D eigenvalue weighted by Gasteiger charge is -2.26. The summed E-state index contributed by atoms with van der Waals surface area (Å²) >= 11 is 5.07. The molecule has 6 nitrogen and oxygen atoms in total. The number of aryl methyl sites for hydroxylation is 2. The van der Waals surface area contributed by atoms with Crippen LogP contribution in [-0.2, 0) is 0 Å². The van der Waals surface area contributed by atoms with Gasteiger partial charge in [0.15, 0.2) is 5.13 Å². The molecule has 0 bridgehead atoms. The Morgan fingerprint density at radius 1 is 1.19 bits per heavy atom. The van der Waals surface area contributed by atoms with E-state index in [9.17, 15) is 4.79 Å². The lowest BCUT2D eigenvalue weighted by atomic mass is 10.2. The van der Waals surface area contributed by atoms with E-state index in [1.54, 1.807) is 17.5 Å². The van der Waals surface area contributed by atoms with E-state index in [0.717, 1.165) is 51.0 Å². The lowest BCUT2D eigenvalue weighted by Crippen LogP contribution is -2.37. The summed E-state index contributed by atoms with van der Waals surface area (Å²) in [7, 11) is 0. The van der Waals surface area contributed by atoms with Gasteiger partial charge in [-0.3, -0.25) is 4.79 Å². The summed E-state index contributed by atoms with van der Waals surface area (Å²) < 4.78 is 0. The van der Waals surface area contributed by atoms with Gasteiger partial charge < -0.3 is 10.2 Å². The number of thiazole rings is 2. The Hall–Kier alpha value is -1.97. The number of thioether (sulfide) groups is 1. The van der Waals surface area contributed by atoms with Crippen LogP contribution in [0.5, 0.6) is 0 Å². The highest BCUT2D eigenvalue weighted by Crippen LogP contribution is 2.32. The van der Waals surface area contributed by atoms with Crippen molar-refractivity contribution in [2.24, 2.45) is 0 Å². The first kappa shape index (κ1) is 18.4. The quantitative estimate of drug-likeness (QED) is 0.686. The fourth-order valence-electron chi connectivity index (χ4n) is 2.86. The van der Waals surface area contributed by atoms with Crippen molar-refractivity contribution in [2.75, 3.05) is 29.9 Å². The van der Waals surface area contributed by atoms with Crippen molar-refractivity contribution >= 4 is 51.3 Å². The second-order valence-corrected chi connectivity index (χ2v) is 9.43. The van der Waals surface area contributed by atoms with Crippen molar-refractivity contribution in [1.29, 1.82) is 0 Å². The van der Waals surface area contributed by atoms with Crippen LogP contribution in [0.25, 0.3) is 10.6 Å². The van der Waals surface area contributed by atoms with Crippen LogP contribution in [0, 0.1) is 13.8 Å². The van der Waals surface area contributed by atoms with E-state index < -0.39 is 0 Å². The van der Waals surface area contributed by atoms with Crippen molar-refractivity contribution in [3.63, 3.8) is 0 Å². The van der Waals surface area contributed by atoms with Crippen molar-refractivity contribution in [1.82, 2.24) is 19.9 Å². The SMILES string of the molecule is Cc1nc(C)c(-c2csc(Nc3ccc(C(=O)N4CCSCC4)cn3)n2)s1. The Morgan fingerprint density at radius 3 is 2.67 bits per heavy atom. The van der Waals surface area contributed by atoms with Gasteiger partial charge in [0.2, 0.25) is 0 Å². The topological polar surface area (TPSA) is 71.0 Å². The van der Waals surface area contributed by atoms with Crippen LogP contribution in [0.3, 0.4) is 0 Å². The van der Waals surface area contributed by atoms with E-state index >= 15 is 0 Å². The molecule has 140 valence electrons. The predicted molar refractivity (Wildman–Crippen MR) is 113 cm³/mol. The molecule has 27 heavy (non-hydrogen) atoms. The summed E-state index contributed by atoms with van der Waals surface area (Å²) in [6.07, 6.45) is 1.64. The van der Waals surface area contributed by atoms with Crippen LogP contribution >= 0.6 is 34.4 Å². The van der Waals surface area contributed by atoms with E-state index in [1.165, 1.54) is 11.3 Å². The van der Waals surface area contributed by atoms with Crippen LogP contribution in [0.15, 0.2) is 23.7 Å². The summed E-state index contributed by atoms with van der Waals surface area (Å²) in [6.45, 7) is 5.62. The number of aromatic nitrogens is 3. The van der Waals surface area contributed by atoms with Gasteiger partial charge >= 0.3 is 0 Å². The minimum absolute atomic E-state index is 0.0573. The number of carbonyl (C=O) groups is 1. The van der Waals surface area contributed by atoms with Gasteiger partial charge in [-0.25, -0.2) is 15.0 Å². The first-order chi connectivity index (χ1) is 13.1. The van der Waals surface area contributed by atoms with Gasteiger partial charge in [-0.1, -0.05) is 0 Å². The highest BCUT2D eigenvalue weighted by molar-refractivity contribution is 7.99. The standard InChI is InChI=1S/C18H19N5OS3/c1-11-16(27-12(2)20-11)14-10-26-18(21-14)22-15-4-3-13(9-19-15)17(24)23-5-7-25-8-6-23/h3-4,9-10H,5-8H2,1-2H3,(H,19,21,22). The molecule has 1 amide bonds.